The molecule has 0 spiro atoms. The maximum Gasteiger partial charge on any atom is 0.137 e. The molecule has 0 unspecified atom stereocenters. The average Bonchev–Trinajstić information content (AvgIpc) is 2.74. The van der Waals surface area contributed by atoms with Crippen molar-refractivity contribution in [2.45, 2.75) is 13.5 Å². The highest BCUT2D eigenvalue weighted by Gasteiger charge is 2.07. The number of nitrogens with one attached hydrogen (secondary N) is 1. The molecule has 0 aliphatic rings. The Bertz CT molecular complexity index is 701. The summed E-state index contributed by atoms with van der Waals surface area (Å²) in [5.74, 6) is 0.275. The van der Waals surface area contributed by atoms with Gasteiger partial charge < -0.3 is 14.8 Å². The van der Waals surface area contributed by atoms with Gasteiger partial charge in [0.25, 0.3) is 0 Å². The third kappa shape index (κ3) is 2.25. The van der Waals surface area contributed by atoms with Crippen molar-refractivity contribution in [2.75, 3.05) is 5.32 Å². The van der Waals surface area contributed by atoms with Crippen molar-refractivity contribution in [3.8, 4) is 5.75 Å². The molecule has 3 rings (SSSR count). The molecule has 0 fully saturated rings. The second kappa shape index (κ2) is 4.65. The highest BCUT2D eigenvalue weighted by atomic mass is 16.3. The minimum absolute atomic E-state index is 0.275. The van der Waals surface area contributed by atoms with Crippen molar-refractivity contribution in [3.63, 3.8) is 0 Å². The van der Waals surface area contributed by atoms with E-state index in [0.717, 1.165) is 22.7 Å². The van der Waals surface area contributed by atoms with Crippen LogP contribution in [0, 0.1) is 6.92 Å². The highest BCUT2D eigenvalue weighted by Crippen LogP contribution is 2.17. The third-order valence-corrected chi connectivity index (χ3v) is 3.16. The lowest BCUT2D eigenvalue weighted by Gasteiger charge is -2.07. The third-order valence-electron chi connectivity index (χ3n) is 3.16. The Morgan fingerprint density at radius 2 is 1.95 bits per heavy atom. The largest absolute Gasteiger partial charge is 0.508 e. The molecule has 0 saturated heterocycles. The number of hydrogen-bond acceptors (Lipinski definition) is 3. The van der Waals surface area contributed by atoms with Gasteiger partial charge in [-0.1, -0.05) is 6.07 Å². The summed E-state index contributed by atoms with van der Waals surface area (Å²) in [5, 5.41) is 12.6. The first-order valence-electron chi connectivity index (χ1n) is 6.19. The van der Waals surface area contributed by atoms with Gasteiger partial charge in [0.05, 0.1) is 17.9 Å². The van der Waals surface area contributed by atoms with Crippen molar-refractivity contribution >= 4 is 11.3 Å². The van der Waals surface area contributed by atoms with Gasteiger partial charge in [-0.25, -0.2) is 4.98 Å². The normalized spacial score (nSPS) is 10.8. The lowest BCUT2D eigenvalue weighted by molar-refractivity contribution is 0.475. The van der Waals surface area contributed by atoms with E-state index in [1.54, 1.807) is 12.1 Å². The van der Waals surface area contributed by atoms with Crippen LogP contribution < -0.4 is 5.32 Å². The van der Waals surface area contributed by atoms with Crippen LogP contribution in [0.4, 0.5) is 5.69 Å². The molecule has 0 radical (unpaired) electrons. The van der Waals surface area contributed by atoms with Crippen LogP contribution in [-0.4, -0.2) is 14.5 Å². The lowest BCUT2D eigenvalue weighted by Crippen LogP contribution is -2.03. The van der Waals surface area contributed by atoms with Crippen LogP contribution in [0.3, 0.4) is 0 Å². The van der Waals surface area contributed by atoms with Crippen LogP contribution >= 0.6 is 0 Å². The Kier molecular flexibility index (Phi) is 2.83. The summed E-state index contributed by atoms with van der Waals surface area (Å²) in [6, 6.07) is 13.0. The summed E-state index contributed by atoms with van der Waals surface area (Å²) in [6.45, 7) is 2.71. The van der Waals surface area contributed by atoms with Crippen LogP contribution in [-0.2, 0) is 6.54 Å². The van der Waals surface area contributed by atoms with Crippen LogP contribution in [0.25, 0.3) is 5.65 Å². The van der Waals surface area contributed by atoms with E-state index >= 15 is 0 Å². The van der Waals surface area contributed by atoms with E-state index in [1.807, 2.05) is 43.5 Å². The number of rotatable bonds is 3. The SMILES string of the molecule is Cc1nc2ccccn2c1CNc1ccc(O)cc1. The molecule has 0 saturated carbocycles. The summed E-state index contributed by atoms with van der Waals surface area (Å²) >= 11 is 0. The van der Waals surface area contributed by atoms with Crippen molar-refractivity contribution in [3.05, 3.63) is 60.0 Å². The number of hydrogen-bond donors (Lipinski definition) is 2. The first-order valence-corrected chi connectivity index (χ1v) is 6.19. The minimum Gasteiger partial charge on any atom is -0.508 e. The second-order valence-electron chi connectivity index (χ2n) is 4.47. The van der Waals surface area contributed by atoms with Crippen LogP contribution in [0.2, 0.25) is 0 Å². The Morgan fingerprint density at radius 3 is 2.74 bits per heavy atom. The average molecular weight is 253 g/mol. The zero-order valence-corrected chi connectivity index (χ0v) is 10.7. The molecule has 0 atom stereocenters. The van der Waals surface area contributed by atoms with Gasteiger partial charge in [0.15, 0.2) is 0 Å². The van der Waals surface area contributed by atoms with Crippen molar-refractivity contribution in [2.24, 2.45) is 0 Å². The van der Waals surface area contributed by atoms with Crippen LogP contribution in [0.15, 0.2) is 48.7 Å². The Morgan fingerprint density at radius 1 is 1.16 bits per heavy atom. The number of phenolic OH excluding ortho intramolecular Hbond substituents is 1. The highest BCUT2D eigenvalue weighted by molar-refractivity contribution is 5.48. The molecule has 2 heterocycles. The van der Waals surface area contributed by atoms with Gasteiger partial charge in [-0.05, 0) is 43.3 Å². The Hall–Kier alpha value is -2.49. The minimum atomic E-state index is 0.275. The molecule has 3 aromatic rings. The van der Waals surface area contributed by atoms with Gasteiger partial charge >= 0.3 is 0 Å². The van der Waals surface area contributed by atoms with E-state index < -0.39 is 0 Å². The molecule has 2 aromatic heterocycles. The van der Waals surface area contributed by atoms with Crippen molar-refractivity contribution in [1.82, 2.24) is 9.38 Å². The summed E-state index contributed by atoms with van der Waals surface area (Å²) in [5.41, 5.74) is 4.10. The van der Waals surface area contributed by atoms with E-state index in [0.29, 0.717) is 6.54 Å². The van der Waals surface area contributed by atoms with Gasteiger partial charge in [-0.2, -0.15) is 0 Å². The number of anilines is 1. The quantitative estimate of drug-likeness (QED) is 0.705. The van der Waals surface area contributed by atoms with Gasteiger partial charge in [0, 0.05) is 11.9 Å². The molecule has 1 aromatic carbocycles. The number of pyridine rings is 1. The van der Waals surface area contributed by atoms with Gasteiger partial charge in [0.1, 0.15) is 11.4 Å². The van der Waals surface area contributed by atoms with Crippen molar-refractivity contribution < 1.29 is 5.11 Å². The molecule has 0 aliphatic heterocycles. The van der Waals surface area contributed by atoms with E-state index in [2.05, 4.69) is 14.7 Å². The topological polar surface area (TPSA) is 49.6 Å². The number of aryl methyl sites for hydroxylation is 1. The first-order chi connectivity index (χ1) is 9.24. The fourth-order valence-corrected chi connectivity index (χ4v) is 2.14. The van der Waals surface area contributed by atoms with Crippen LogP contribution in [0.5, 0.6) is 5.75 Å². The molecular weight excluding hydrogens is 238 g/mol. The van der Waals surface area contributed by atoms with Gasteiger partial charge in [-0.3, -0.25) is 0 Å². The smallest absolute Gasteiger partial charge is 0.137 e. The number of nitrogens with zero attached hydrogens (tertiary/aromatic N) is 2. The van der Waals surface area contributed by atoms with E-state index in [4.69, 9.17) is 0 Å². The summed E-state index contributed by atoms with van der Waals surface area (Å²) in [6.07, 6.45) is 2.02. The molecule has 19 heavy (non-hydrogen) atoms. The molecule has 96 valence electrons. The fraction of sp³-hybridized carbons (Fsp3) is 0.133. The molecule has 0 bridgehead atoms. The molecule has 4 nitrogen and oxygen atoms in total. The maximum absolute atomic E-state index is 9.25. The van der Waals surface area contributed by atoms with Gasteiger partial charge in [0.2, 0.25) is 0 Å². The summed E-state index contributed by atoms with van der Waals surface area (Å²) in [7, 11) is 0. The number of imidazole rings is 1. The predicted octanol–water partition coefficient (Wildman–Crippen LogP) is 2.96. The molecule has 4 heteroatoms. The number of aromatic nitrogens is 2. The van der Waals surface area contributed by atoms with Crippen molar-refractivity contribution in [1.29, 1.82) is 0 Å². The Balaban J connectivity index is 1.85. The zero-order valence-electron chi connectivity index (χ0n) is 10.7. The van der Waals surface area contributed by atoms with E-state index in [1.165, 1.54) is 0 Å². The Labute approximate surface area is 111 Å². The van der Waals surface area contributed by atoms with E-state index in [9.17, 15) is 5.11 Å². The zero-order chi connectivity index (χ0) is 13.2. The number of aromatic hydroxyl groups is 1. The molecule has 0 amide bonds. The summed E-state index contributed by atoms with van der Waals surface area (Å²) in [4.78, 5) is 4.52. The number of benzene rings is 1. The predicted molar refractivity (Wildman–Crippen MR) is 75.4 cm³/mol. The second-order valence-corrected chi connectivity index (χ2v) is 4.47. The molecular formula is C15H15N3O. The number of phenols is 1. The lowest BCUT2D eigenvalue weighted by atomic mass is 10.3. The maximum atomic E-state index is 9.25. The monoisotopic (exact) mass is 253 g/mol. The summed E-state index contributed by atoms with van der Waals surface area (Å²) < 4.78 is 2.09. The van der Waals surface area contributed by atoms with Gasteiger partial charge in [-0.15, -0.1) is 0 Å². The molecule has 0 aliphatic carbocycles. The van der Waals surface area contributed by atoms with E-state index in [-0.39, 0.29) is 5.75 Å². The molecule has 2 N–H and O–H groups in total. The first kappa shape index (κ1) is 11.6. The standard InChI is InChI=1S/C15H15N3O/c1-11-14(18-9-3-2-4-15(18)17-11)10-16-12-5-7-13(19)8-6-12/h2-9,16,19H,10H2,1H3. The van der Waals surface area contributed by atoms with Crippen LogP contribution in [0.1, 0.15) is 11.4 Å². The number of fused-ring (bicyclic) bond motifs is 1. The fourth-order valence-electron chi connectivity index (χ4n) is 2.14.